The van der Waals surface area contributed by atoms with Gasteiger partial charge in [-0.15, -0.1) is 0 Å². The number of aliphatic hydroxyl groups is 1. The average molecular weight is 184 g/mol. The minimum absolute atomic E-state index is 0.238. The van der Waals surface area contributed by atoms with Crippen LogP contribution >= 0.6 is 0 Å². The van der Waals surface area contributed by atoms with Crippen LogP contribution in [0.2, 0.25) is 0 Å². The normalized spacial score (nSPS) is 43.8. The highest BCUT2D eigenvalue weighted by Crippen LogP contribution is 2.37. The van der Waals surface area contributed by atoms with Crippen LogP contribution in [-0.2, 0) is 0 Å². The highest BCUT2D eigenvalue weighted by Gasteiger charge is 2.44. The zero-order valence-corrected chi connectivity index (χ0v) is 8.42. The van der Waals surface area contributed by atoms with Crippen LogP contribution in [0.15, 0.2) is 0 Å². The molecule has 0 aliphatic carbocycles. The molecule has 76 valence electrons. The highest BCUT2D eigenvalue weighted by molar-refractivity contribution is 5.02. The number of hydrogen-bond acceptors (Lipinski definition) is 3. The van der Waals surface area contributed by atoms with Crippen molar-refractivity contribution in [2.24, 2.45) is 5.92 Å². The summed E-state index contributed by atoms with van der Waals surface area (Å²) in [6, 6.07) is 0. The fourth-order valence-electron chi connectivity index (χ4n) is 3.03. The van der Waals surface area contributed by atoms with Crippen LogP contribution in [-0.4, -0.2) is 48.8 Å². The van der Waals surface area contributed by atoms with Crippen LogP contribution in [0, 0.1) is 5.92 Å². The number of nitrogens with zero attached hydrogens (tertiary/aromatic N) is 1. The van der Waals surface area contributed by atoms with Gasteiger partial charge in [0, 0.05) is 18.7 Å². The first kappa shape index (κ1) is 9.44. The quantitative estimate of drug-likeness (QED) is 0.651. The van der Waals surface area contributed by atoms with Crippen molar-refractivity contribution in [1.29, 1.82) is 0 Å². The zero-order valence-electron chi connectivity index (χ0n) is 8.42. The maximum Gasteiger partial charge on any atom is 0.0448 e. The van der Waals surface area contributed by atoms with E-state index in [1.165, 1.54) is 32.5 Å². The molecule has 0 aromatic heterocycles. The number of aliphatic hydroxyl groups excluding tert-OH is 1. The van der Waals surface area contributed by atoms with Crippen molar-refractivity contribution in [3.63, 3.8) is 0 Å². The van der Waals surface area contributed by atoms with Gasteiger partial charge in [-0.2, -0.15) is 0 Å². The van der Waals surface area contributed by atoms with E-state index in [1.54, 1.807) is 0 Å². The molecule has 2 heterocycles. The molecule has 0 aromatic carbocycles. The van der Waals surface area contributed by atoms with Gasteiger partial charge in [0.2, 0.25) is 0 Å². The van der Waals surface area contributed by atoms with E-state index in [9.17, 15) is 0 Å². The Bertz CT molecular complexity index is 186. The number of hydrogen-bond donors (Lipinski definition) is 2. The second kappa shape index (κ2) is 3.56. The standard InChI is InChI=1S/C10H20N2O/c1-11-10(4-7-13)3-6-12-5-2-9(10)8-12/h9,11,13H,2-8H2,1H3. The van der Waals surface area contributed by atoms with Crippen LogP contribution in [0.1, 0.15) is 19.3 Å². The number of rotatable bonds is 3. The van der Waals surface area contributed by atoms with Crippen LogP contribution in [0.3, 0.4) is 0 Å². The third-order valence-corrected chi connectivity index (χ3v) is 3.98. The van der Waals surface area contributed by atoms with Gasteiger partial charge in [-0.25, -0.2) is 0 Å². The van der Waals surface area contributed by atoms with Crippen molar-refractivity contribution < 1.29 is 5.11 Å². The van der Waals surface area contributed by atoms with Crippen LogP contribution < -0.4 is 5.32 Å². The van der Waals surface area contributed by atoms with E-state index in [-0.39, 0.29) is 5.54 Å². The molecule has 0 aromatic rings. The highest BCUT2D eigenvalue weighted by atomic mass is 16.3. The number of piperidine rings is 1. The van der Waals surface area contributed by atoms with Crippen LogP contribution in [0.5, 0.6) is 0 Å². The van der Waals surface area contributed by atoms with Crippen molar-refractivity contribution in [1.82, 2.24) is 10.2 Å². The summed E-state index contributed by atoms with van der Waals surface area (Å²) < 4.78 is 0. The first-order valence-corrected chi connectivity index (χ1v) is 5.33. The molecule has 0 radical (unpaired) electrons. The molecule has 13 heavy (non-hydrogen) atoms. The predicted octanol–water partition coefficient (Wildman–Crippen LogP) is 0.0526. The Morgan fingerprint density at radius 1 is 1.54 bits per heavy atom. The Morgan fingerprint density at radius 2 is 2.38 bits per heavy atom. The Kier molecular flexibility index (Phi) is 2.58. The SMILES string of the molecule is CNC1(CCO)CCN2CCC1C2. The lowest BCUT2D eigenvalue weighted by Crippen LogP contribution is -2.55. The van der Waals surface area contributed by atoms with E-state index in [0.717, 1.165) is 12.3 Å². The van der Waals surface area contributed by atoms with Crippen molar-refractivity contribution >= 4 is 0 Å². The van der Waals surface area contributed by atoms with Gasteiger partial charge in [-0.05, 0) is 45.3 Å². The van der Waals surface area contributed by atoms with Gasteiger partial charge in [-0.1, -0.05) is 0 Å². The number of fused-ring (bicyclic) bond motifs is 2. The summed E-state index contributed by atoms with van der Waals surface area (Å²) in [6.45, 7) is 4.02. The minimum Gasteiger partial charge on any atom is -0.396 e. The first-order valence-electron chi connectivity index (χ1n) is 5.33. The van der Waals surface area contributed by atoms with Gasteiger partial charge < -0.3 is 15.3 Å². The topological polar surface area (TPSA) is 35.5 Å². The molecule has 0 spiro atoms. The lowest BCUT2D eigenvalue weighted by molar-refractivity contribution is 0.105. The second-order valence-corrected chi connectivity index (χ2v) is 4.42. The van der Waals surface area contributed by atoms with E-state index >= 15 is 0 Å². The molecule has 2 rings (SSSR count). The Balaban J connectivity index is 2.09. The van der Waals surface area contributed by atoms with Gasteiger partial charge in [-0.3, -0.25) is 0 Å². The molecule has 3 atom stereocenters. The second-order valence-electron chi connectivity index (χ2n) is 4.42. The smallest absolute Gasteiger partial charge is 0.0448 e. The molecule has 3 heteroatoms. The molecular formula is C10H20N2O. The molecule has 2 saturated heterocycles. The van der Waals surface area contributed by atoms with Crippen molar-refractivity contribution in [3.05, 3.63) is 0 Å². The lowest BCUT2D eigenvalue weighted by atomic mass is 9.77. The summed E-state index contributed by atoms with van der Waals surface area (Å²) in [5.74, 6) is 0.762. The largest absolute Gasteiger partial charge is 0.396 e. The molecular weight excluding hydrogens is 164 g/mol. The fourth-order valence-corrected chi connectivity index (χ4v) is 3.03. The van der Waals surface area contributed by atoms with Crippen molar-refractivity contribution in [2.45, 2.75) is 24.8 Å². The lowest BCUT2D eigenvalue weighted by Gasteiger charge is -2.42. The van der Waals surface area contributed by atoms with Crippen molar-refractivity contribution in [3.8, 4) is 0 Å². The molecule has 0 amide bonds. The molecule has 3 unspecified atom stereocenters. The Labute approximate surface area is 80.1 Å². The van der Waals surface area contributed by atoms with E-state index in [1.807, 2.05) is 7.05 Å². The predicted molar refractivity (Wildman–Crippen MR) is 52.7 cm³/mol. The van der Waals surface area contributed by atoms with E-state index < -0.39 is 0 Å². The molecule has 2 bridgehead atoms. The summed E-state index contributed by atoms with van der Waals surface area (Å²) in [6.07, 6.45) is 3.43. The molecule has 3 nitrogen and oxygen atoms in total. The third-order valence-electron chi connectivity index (χ3n) is 3.98. The van der Waals surface area contributed by atoms with Gasteiger partial charge in [0.25, 0.3) is 0 Å². The minimum atomic E-state index is 0.238. The van der Waals surface area contributed by atoms with E-state index in [0.29, 0.717) is 6.61 Å². The Morgan fingerprint density at radius 3 is 3.08 bits per heavy atom. The summed E-state index contributed by atoms with van der Waals surface area (Å²) in [4.78, 5) is 2.54. The van der Waals surface area contributed by atoms with Gasteiger partial charge in [0.15, 0.2) is 0 Å². The number of nitrogens with one attached hydrogen (secondary N) is 1. The van der Waals surface area contributed by atoms with E-state index in [4.69, 9.17) is 5.11 Å². The van der Waals surface area contributed by atoms with Gasteiger partial charge >= 0.3 is 0 Å². The molecule has 2 N–H and O–H groups in total. The fraction of sp³-hybridized carbons (Fsp3) is 1.00. The maximum absolute atomic E-state index is 9.09. The van der Waals surface area contributed by atoms with Crippen LogP contribution in [0.25, 0.3) is 0 Å². The summed E-state index contributed by atoms with van der Waals surface area (Å²) in [5, 5.41) is 12.5. The monoisotopic (exact) mass is 184 g/mol. The summed E-state index contributed by atoms with van der Waals surface area (Å²) in [7, 11) is 2.05. The Hall–Kier alpha value is -0.120. The van der Waals surface area contributed by atoms with E-state index in [2.05, 4.69) is 10.2 Å². The summed E-state index contributed by atoms with van der Waals surface area (Å²) in [5.41, 5.74) is 0.238. The molecule has 2 aliphatic heterocycles. The average Bonchev–Trinajstić information content (AvgIpc) is 2.56. The third kappa shape index (κ3) is 1.49. The van der Waals surface area contributed by atoms with Crippen LogP contribution in [0.4, 0.5) is 0 Å². The molecule has 0 saturated carbocycles. The molecule has 2 aliphatic rings. The summed E-state index contributed by atoms with van der Waals surface area (Å²) >= 11 is 0. The molecule has 2 fully saturated rings. The maximum atomic E-state index is 9.09. The first-order chi connectivity index (χ1) is 6.30. The van der Waals surface area contributed by atoms with Gasteiger partial charge in [0.05, 0.1) is 0 Å². The zero-order chi connectivity index (χ0) is 9.31. The van der Waals surface area contributed by atoms with Crippen molar-refractivity contribution in [2.75, 3.05) is 33.3 Å². The van der Waals surface area contributed by atoms with Gasteiger partial charge in [0.1, 0.15) is 0 Å².